The van der Waals surface area contributed by atoms with Crippen molar-refractivity contribution in [2.75, 3.05) is 26.0 Å². The molecule has 0 bridgehead atoms. The first kappa shape index (κ1) is 14.3. The molecule has 0 aromatic carbocycles. The zero-order valence-electron chi connectivity index (χ0n) is 10.3. The summed E-state index contributed by atoms with van der Waals surface area (Å²) in [5.74, 6) is 0.282. The van der Waals surface area contributed by atoms with Crippen LogP contribution in [0, 0.1) is 5.92 Å². The quantitative estimate of drug-likeness (QED) is 0.738. The normalized spacial score (nSPS) is 25.4. The van der Waals surface area contributed by atoms with E-state index >= 15 is 0 Å². The fourth-order valence-corrected chi connectivity index (χ4v) is 2.22. The summed E-state index contributed by atoms with van der Waals surface area (Å²) < 4.78 is 0. The summed E-state index contributed by atoms with van der Waals surface area (Å²) in [6, 6.07) is -0.281. The lowest BCUT2D eigenvalue weighted by molar-refractivity contribution is -0.119. The maximum absolute atomic E-state index is 11.5. The Balaban J connectivity index is 2.33. The summed E-state index contributed by atoms with van der Waals surface area (Å²) in [4.78, 5) is 24.9. The van der Waals surface area contributed by atoms with Crippen molar-refractivity contribution >= 4 is 23.5 Å². The van der Waals surface area contributed by atoms with Crippen LogP contribution in [0.5, 0.6) is 0 Å². The molecular formula is C11H20ClN3O2. The van der Waals surface area contributed by atoms with Crippen molar-refractivity contribution < 1.29 is 9.59 Å². The molecular weight excluding hydrogens is 242 g/mol. The SMILES string of the molecule is CC1CN(C)CCC1NC(=O)NC(=O)CCCl. The Morgan fingerprint density at radius 1 is 1.47 bits per heavy atom. The van der Waals surface area contributed by atoms with Gasteiger partial charge in [0.25, 0.3) is 0 Å². The number of alkyl halides is 1. The van der Waals surface area contributed by atoms with E-state index in [-0.39, 0.29) is 24.2 Å². The van der Waals surface area contributed by atoms with Crippen LogP contribution in [-0.4, -0.2) is 48.9 Å². The van der Waals surface area contributed by atoms with E-state index in [1.54, 1.807) is 0 Å². The molecule has 98 valence electrons. The molecule has 1 aliphatic rings. The highest BCUT2D eigenvalue weighted by atomic mass is 35.5. The van der Waals surface area contributed by atoms with Gasteiger partial charge in [0.1, 0.15) is 0 Å². The van der Waals surface area contributed by atoms with Crippen LogP contribution in [0.25, 0.3) is 0 Å². The number of halogens is 1. The maximum Gasteiger partial charge on any atom is 0.321 e. The van der Waals surface area contributed by atoms with E-state index in [0.29, 0.717) is 5.92 Å². The molecule has 17 heavy (non-hydrogen) atoms. The zero-order valence-corrected chi connectivity index (χ0v) is 11.1. The van der Waals surface area contributed by atoms with Crippen molar-refractivity contribution in [2.24, 2.45) is 5.92 Å². The van der Waals surface area contributed by atoms with Crippen LogP contribution < -0.4 is 10.6 Å². The Morgan fingerprint density at radius 3 is 2.76 bits per heavy atom. The van der Waals surface area contributed by atoms with Crippen molar-refractivity contribution in [1.82, 2.24) is 15.5 Å². The molecule has 1 rings (SSSR count). The molecule has 2 unspecified atom stereocenters. The van der Waals surface area contributed by atoms with Crippen LogP contribution in [0.15, 0.2) is 0 Å². The van der Waals surface area contributed by atoms with Gasteiger partial charge in [-0.1, -0.05) is 6.92 Å². The zero-order chi connectivity index (χ0) is 12.8. The number of imide groups is 1. The summed E-state index contributed by atoms with van der Waals surface area (Å²) in [5, 5.41) is 5.11. The molecule has 0 aromatic rings. The molecule has 2 atom stereocenters. The lowest BCUT2D eigenvalue weighted by atomic mass is 9.94. The van der Waals surface area contributed by atoms with E-state index in [1.807, 2.05) is 0 Å². The largest absolute Gasteiger partial charge is 0.335 e. The fraction of sp³-hybridized carbons (Fsp3) is 0.818. The minimum absolute atomic E-state index is 0.134. The van der Waals surface area contributed by atoms with Crippen LogP contribution in [0.1, 0.15) is 19.8 Å². The van der Waals surface area contributed by atoms with Gasteiger partial charge in [-0.25, -0.2) is 4.79 Å². The summed E-state index contributed by atoms with van der Waals surface area (Å²) >= 11 is 5.41. The average molecular weight is 262 g/mol. The van der Waals surface area contributed by atoms with E-state index in [1.165, 1.54) is 0 Å². The third-order valence-corrected chi connectivity index (χ3v) is 3.19. The van der Waals surface area contributed by atoms with Crippen molar-refractivity contribution in [1.29, 1.82) is 0 Å². The molecule has 3 amide bonds. The number of rotatable bonds is 3. The second kappa shape index (κ2) is 6.81. The third-order valence-electron chi connectivity index (χ3n) is 3.00. The van der Waals surface area contributed by atoms with Crippen LogP contribution >= 0.6 is 11.6 Å². The van der Waals surface area contributed by atoms with E-state index in [0.717, 1.165) is 19.5 Å². The van der Waals surface area contributed by atoms with Gasteiger partial charge in [0.2, 0.25) is 5.91 Å². The average Bonchev–Trinajstić information content (AvgIpc) is 2.22. The summed E-state index contributed by atoms with van der Waals surface area (Å²) in [5.41, 5.74) is 0. The molecule has 5 nitrogen and oxygen atoms in total. The van der Waals surface area contributed by atoms with Crippen LogP contribution in [-0.2, 0) is 4.79 Å². The number of amides is 3. The molecule has 1 aliphatic heterocycles. The second-order valence-corrected chi connectivity index (χ2v) is 4.97. The number of carbonyl (C=O) groups excluding carboxylic acids is 2. The topological polar surface area (TPSA) is 61.4 Å². The summed E-state index contributed by atoms with van der Waals surface area (Å²) in [6.07, 6.45) is 1.08. The van der Waals surface area contributed by atoms with E-state index in [2.05, 4.69) is 29.5 Å². The third kappa shape index (κ3) is 4.91. The Bertz CT molecular complexity index is 286. The number of nitrogens with zero attached hydrogens (tertiary/aromatic N) is 1. The first-order valence-electron chi connectivity index (χ1n) is 5.87. The molecule has 0 aliphatic carbocycles. The van der Waals surface area contributed by atoms with Gasteiger partial charge in [0.15, 0.2) is 0 Å². The molecule has 0 spiro atoms. The molecule has 1 saturated heterocycles. The molecule has 0 saturated carbocycles. The highest BCUT2D eigenvalue weighted by Crippen LogP contribution is 2.14. The van der Waals surface area contributed by atoms with Gasteiger partial charge in [0, 0.05) is 24.9 Å². The van der Waals surface area contributed by atoms with Crippen molar-refractivity contribution in [3.05, 3.63) is 0 Å². The number of carbonyl (C=O) groups is 2. The molecule has 1 heterocycles. The van der Waals surface area contributed by atoms with E-state index in [9.17, 15) is 9.59 Å². The monoisotopic (exact) mass is 261 g/mol. The Labute approximate surface area is 107 Å². The highest BCUT2D eigenvalue weighted by Gasteiger charge is 2.25. The van der Waals surface area contributed by atoms with Gasteiger partial charge in [-0.15, -0.1) is 11.6 Å². The molecule has 0 aromatic heterocycles. The van der Waals surface area contributed by atoms with Gasteiger partial charge < -0.3 is 10.2 Å². The van der Waals surface area contributed by atoms with E-state index < -0.39 is 6.03 Å². The number of hydrogen-bond donors (Lipinski definition) is 2. The maximum atomic E-state index is 11.5. The standard InChI is InChI=1S/C11H20ClN3O2/c1-8-7-15(2)6-4-9(8)13-11(17)14-10(16)3-5-12/h8-9H,3-7H2,1-2H3,(H2,13,14,16,17). The smallest absolute Gasteiger partial charge is 0.321 e. The van der Waals surface area contributed by atoms with Crippen LogP contribution in [0.3, 0.4) is 0 Å². The number of nitrogens with one attached hydrogen (secondary N) is 2. The van der Waals surface area contributed by atoms with Gasteiger partial charge in [0.05, 0.1) is 0 Å². The number of piperidine rings is 1. The minimum atomic E-state index is -0.415. The predicted molar refractivity (Wildman–Crippen MR) is 67.1 cm³/mol. The summed E-state index contributed by atoms with van der Waals surface area (Å²) in [6.45, 7) is 4.02. The fourth-order valence-electron chi connectivity index (χ4n) is 2.05. The highest BCUT2D eigenvalue weighted by molar-refractivity contribution is 6.19. The van der Waals surface area contributed by atoms with Crippen LogP contribution in [0.4, 0.5) is 4.79 Å². The minimum Gasteiger partial charge on any atom is -0.335 e. The first-order chi connectivity index (χ1) is 8.02. The Hall–Kier alpha value is -0.810. The Kier molecular flexibility index (Phi) is 5.71. The second-order valence-electron chi connectivity index (χ2n) is 4.60. The lowest BCUT2D eigenvalue weighted by Crippen LogP contribution is -2.52. The van der Waals surface area contributed by atoms with Crippen molar-refractivity contribution in [3.63, 3.8) is 0 Å². The lowest BCUT2D eigenvalue weighted by Gasteiger charge is -2.35. The Morgan fingerprint density at radius 2 is 2.18 bits per heavy atom. The van der Waals surface area contributed by atoms with Crippen LogP contribution in [0.2, 0.25) is 0 Å². The molecule has 6 heteroatoms. The summed E-state index contributed by atoms with van der Waals surface area (Å²) in [7, 11) is 2.07. The molecule has 0 radical (unpaired) electrons. The number of hydrogen-bond acceptors (Lipinski definition) is 3. The molecule has 2 N–H and O–H groups in total. The first-order valence-corrected chi connectivity index (χ1v) is 6.41. The van der Waals surface area contributed by atoms with Gasteiger partial charge >= 0.3 is 6.03 Å². The number of urea groups is 1. The van der Waals surface area contributed by atoms with Gasteiger partial charge in [-0.2, -0.15) is 0 Å². The van der Waals surface area contributed by atoms with Gasteiger partial charge in [-0.3, -0.25) is 10.1 Å². The molecule has 1 fully saturated rings. The van der Waals surface area contributed by atoms with Gasteiger partial charge in [-0.05, 0) is 25.9 Å². The van der Waals surface area contributed by atoms with Crippen molar-refractivity contribution in [3.8, 4) is 0 Å². The van der Waals surface area contributed by atoms with Crippen molar-refractivity contribution in [2.45, 2.75) is 25.8 Å². The predicted octanol–water partition coefficient (Wildman–Crippen LogP) is 0.781. The number of likely N-dealkylation sites (tertiary alicyclic amines) is 1. The van der Waals surface area contributed by atoms with E-state index in [4.69, 9.17) is 11.6 Å².